The first-order valence-corrected chi connectivity index (χ1v) is 24.4. The second-order valence-electron chi connectivity index (χ2n) is 16.6. The average molecular weight is 951 g/mol. The Morgan fingerprint density at radius 3 is 2.02 bits per heavy atom. The van der Waals surface area contributed by atoms with Gasteiger partial charge in [-0.05, 0) is 55.7 Å². The number of nitrogens with one attached hydrogen (secondary N) is 3. The number of quaternary nitrogens is 1. The number of imidazole rings is 1. The lowest BCUT2D eigenvalue weighted by molar-refractivity contribution is -0.943. The number of H-pyrrole nitrogens is 1. The minimum atomic E-state index is -4.25. The molecule has 66 heavy (non-hydrogen) atoms. The number of hydrogen-bond donors (Lipinski definition) is 5. The van der Waals surface area contributed by atoms with Crippen LogP contribution in [0.5, 0.6) is 5.75 Å². The fourth-order valence-corrected chi connectivity index (χ4v) is 9.17. The van der Waals surface area contributed by atoms with Crippen LogP contribution in [-0.2, 0) is 52.1 Å². The Morgan fingerprint density at radius 1 is 0.833 bits per heavy atom. The minimum absolute atomic E-state index is 0.0422. The van der Waals surface area contributed by atoms with Gasteiger partial charge in [0.1, 0.15) is 30.2 Å². The van der Waals surface area contributed by atoms with Crippen LogP contribution in [0.1, 0.15) is 69.8 Å². The van der Waals surface area contributed by atoms with Crippen LogP contribution in [0.4, 0.5) is 0 Å². The van der Waals surface area contributed by atoms with Crippen molar-refractivity contribution < 1.29 is 54.2 Å². The number of aromatic nitrogens is 5. The lowest BCUT2D eigenvalue weighted by Crippen LogP contribution is -2.59. The van der Waals surface area contributed by atoms with Crippen molar-refractivity contribution in [2.45, 2.75) is 58.9 Å². The number of benzene rings is 3. The van der Waals surface area contributed by atoms with Crippen molar-refractivity contribution in [3.05, 3.63) is 110 Å². The Labute approximate surface area is 380 Å². The van der Waals surface area contributed by atoms with Crippen molar-refractivity contribution >= 4 is 71.0 Å². The van der Waals surface area contributed by atoms with E-state index in [2.05, 4.69) is 20.7 Å². The van der Waals surface area contributed by atoms with E-state index in [0.717, 1.165) is 4.57 Å². The molecule has 0 aliphatic carbocycles. The second-order valence-corrected chi connectivity index (χ2v) is 19.7. The number of carbonyl (C=O) groups is 3. The molecule has 0 radical (unpaired) electrons. The number of nitrogens with zero attached hydrogens (tertiary/aromatic N) is 5. The van der Waals surface area contributed by atoms with Gasteiger partial charge in [0.05, 0.1) is 34.9 Å². The molecule has 0 fully saturated rings. The number of aromatic amines is 1. The molecule has 5 N–H and O–H groups in total. The van der Waals surface area contributed by atoms with Crippen molar-refractivity contribution in [1.29, 1.82) is 0 Å². The van der Waals surface area contributed by atoms with Crippen molar-refractivity contribution in [3.8, 4) is 5.75 Å². The van der Waals surface area contributed by atoms with Crippen LogP contribution in [0.3, 0.4) is 0 Å². The molecule has 20 nitrogen and oxygen atoms in total. The van der Waals surface area contributed by atoms with E-state index >= 15 is 0 Å². The van der Waals surface area contributed by atoms with E-state index in [4.69, 9.17) is 4.74 Å². The molecule has 3 aromatic carbocycles. The Morgan fingerprint density at radius 2 is 1.41 bits per heavy atom. The molecule has 22 heteroatoms. The third kappa shape index (κ3) is 11.7. The number of carbonyl (C=O) groups excluding carboxylic acids is 3. The van der Waals surface area contributed by atoms with Gasteiger partial charge < -0.3 is 15.0 Å². The van der Waals surface area contributed by atoms with Gasteiger partial charge in [0, 0.05) is 70.4 Å². The highest BCUT2D eigenvalue weighted by Crippen LogP contribution is 2.30. The van der Waals surface area contributed by atoms with Crippen molar-refractivity contribution in [1.82, 2.24) is 29.8 Å². The number of fused-ring (bicyclic) bond motifs is 3. The van der Waals surface area contributed by atoms with Gasteiger partial charge in [0.25, 0.3) is 37.6 Å². The van der Waals surface area contributed by atoms with Gasteiger partial charge in [-0.1, -0.05) is 24.3 Å². The summed E-state index contributed by atoms with van der Waals surface area (Å²) < 4.78 is 74.7. The van der Waals surface area contributed by atoms with Crippen LogP contribution in [-0.4, -0.2) is 106 Å². The third-order valence-corrected chi connectivity index (χ3v) is 13.0. The molecular weight excluding hydrogens is 897 g/mol. The predicted octanol–water partition coefficient (Wildman–Crippen LogP) is 2.57. The van der Waals surface area contributed by atoms with Gasteiger partial charge in [-0.3, -0.25) is 32.6 Å². The van der Waals surface area contributed by atoms with Crippen LogP contribution < -0.4 is 31.3 Å². The number of amides is 2. The highest BCUT2D eigenvalue weighted by Gasteiger charge is 2.28. The Kier molecular flexibility index (Phi) is 14.9. The van der Waals surface area contributed by atoms with Crippen LogP contribution in [0.2, 0.25) is 0 Å². The van der Waals surface area contributed by atoms with Crippen LogP contribution in [0.25, 0.3) is 33.0 Å². The normalized spacial score (nSPS) is 13.0. The standard InChI is InChI=1S/C44H52N8O12S2/c1-28-26-30(27-29(2)39(28)64-43(56)37-31-14-6-8-16-33(31)51(21-12-24-65(58,59)60)34-17-9-7-15-32(34)37)41(54)45-20-11-22-52(5,23-13-25-66(61,62)63)48-36(53)19-10-18-35-46-38-40(47-35)49(3)44(57)50(4)42(38)55/h6-9,14-17,26-27H,10-13,18-25H2,1-5H3,(H3-2,45,46,47,48,53,54,55,58,59,60,61,62,63)/p+2. The maximum absolute atomic E-state index is 14.1. The molecular formula is C44H54N8O12S2+2. The minimum Gasteiger partial charge on any atom is -0.422 e. The summed E-state index contributed by atoms with van der Waals surface area (Å²) in [5, 5.41) is 4.04. The number of pyridine rings is 1. The summed E-state index contributed by atoms with van der Waals surface area (Å²) in [6.07, 6.45) is 1.24. The zero-order valence-electron chi connectivity index (χ0n) is 37.3. The predicted molar refractivity (Wildman–Crippen MR) is 245 cm³/mol. The largest absolute Gasteiger partial charge is 0.422 e. The van der Waals surface area contributed by atoms with Gasteiger partial charge in [0.15, 0.2) is 12.2 Å². The fraction of sp³-hybridized carbons (Fsp3) is 0.386. The van der Waals surface area contributed by atoms with E-state index in [1.165, 1.54) is 18.7 Å². The smallest absolute Gasteiger partial charge is 0.345 e. The number of aryl methyl sites for hydroxylation is 5. The molecule has 6 aromatic rings. The zero-order chi connectivity index (χ0) is 48.1. The molecule has 3 heterocycles. The Bertz CT molecular complexity index is 3140. The summed E-state index contributed by atoms with van der Waals surface area (Å²) in [5.74, 6) is -1.60. The SMILES string of the molecule is Cc1cc(C(=O)NCCC[N+](C)(CCCS(=O)(=O)O)NC(=O)CCCc2nc3c([nH]2)c(=O)n(C)c(=O)n3C)cc(C)c1OC(=O)c1c2ccccc2[n+](CCCS(=O)(=O)O)c2ccccc12. The van der Waals surface area contributed by atoms with Gasteiger partial charge >= 0.3 is 11.7 Å². The van der Waals surface area contributed by atoms with Gasteiger partial charge in [-0.15, -0.1) is 0 Å². The molecule has 352 valence electrons. The second kappa shape index (κ2) is 20.0. The van der Waals surface area contributed by atoms with Crippen molar-refractivity contribution in [2.75, 3.05) is 38.2 Å². The molecule has 3 aromatic heterocycles. The van der Waals surface area contributed by atoms with E-state index in [1.807, 2.05) is 28.8 Å². The summed E-state index contributed by atoms with van der Waals surface area (Å²) in [7, 11) is -3.84. The first kappa shape index (κ1) is 49.1. The molecule has 0 bridgehead atoms. The number of rotatable bonds is 20. The molecule has 0 saturated carbocycles. The molecule has 0 saturated heterocycles. The molecule has 6 rings (SSSR count). The summed E-state index contributed by atoms with van der Waals surface area (Å²) in [6.45, 7) is 4.33. The Hall–Kier alpha value is -6.33. The van der Waals surface area contributed by atoms with Gasteiger partial charge in [-0.2, -0.15) is 21.4 Å². The van der Waals surface area contributed by atoms with E-state index in [-0.39, 0.29) is 66.3 Å². The summed E-state index contributed by atoms with van der Waals surface area (Å²) in [6, 6.07) is 17.6. The van der Waals surface area contributed by atoms with Gasteiger partial charge in [0.2, 0.25) is 11.0 Å². The van der Waals surface area contributed by atoms with E-state index < -0.39 is 54.9 Å². The molecule has 1 unspecified atom stereocenters. The maximum atomic E-state index is 14.1. The first-order valence-electron chi connectivity index (χ1n) is 21.2. The lowest BCUT2D eigenvalue weighted by atomic mass is 10.0. The zero-order valence-corrected chi connectivity index (χ0v) is 38.9. The van der Waals surface area contributed by atoms with Crippen LogP contribution in [0, 0.1) is 13.8 Å². The van der Waals surface area contributed by atoms with E-state index in [0.29, 0.717) is 75.7 Å². The van der Waals surface area contributed by atoms with Crippen molar-refractivity contribution in [2.24, 2.45) is 14.1 Å². The molecule has 0 spiro atoms. The fourth-order valence-electron chi connectivity index (χ4n) is 8.18. The summed E-state index contributed by atoms with van der Waals surface area (Å²) >= 11 is 0. The molecule has 0 aliphatic heterocycles. The maximum Gasteiger partial charge on any atom is 0.345 e. The number of para-hydroxylation sites is 2. The lowest BCUT2D eigenvalue weighted by Gasteiger charge is -2.33. The number of ether oxygens (including phenoxy) is 1. The Balaban J connectivity index is 1.09. The monoisotopic (exact) mass is 950 g/mol. The molecule has 0 aliphatic rings. The highest BCUT2D eigenvalue weighted by atomic mass is 32.2. The van der Waals surface area contributed by atoms with E-state index in [9.17, 15) is 49.9 Å². The van der Waals surface area contributed by atoms with Crippen LogP contribution in [0.15, 0.2) is 70.3 Å². The molecule has 1 atom stereocenters. The highest BCUT2D eigenvalue weighted by molar-refractivity contribution is 7.86. The number of hydrogen-bond acceptors (Lipinski definition) is 11. The van der Waals surface area contributed by atoms with Crippen LogP contribution >= 0.6 is 0 Å². The van der Waals surface area contributed by atoms with E-state index in [1.54, 1.807) is 57.3 Å². The first-order chi connectivity index (χ1) is 31.1. The topological polar surface area (TPSA) is 270 Å². The average Bonchev–Trinajstić information content (AvgIpc) is 3.68. The third-order valence-electron chi connectivity index (χ3n) is 11.4. The van der Waals surface area contributed by atoms with Crippen molar-refractivity contribution in [3.63, 3.8) is 0 Å². The quantitative estimate of drug-likeness (QED) is 0.0108. The summed E-state index contributed by atoms with van der Waals surface area (Å²) in [4.78, 5) is 72.9. The van der Waals surface area contributed by atoms with Gasteiger partial charge in [-0.25, -0.2) is 24.6 Å². The summed E-state index contributed by atoms with van der Waals surface area (Å²) in [5.41, 5.74) is 5.30. The number of esters is 1. The molecule has 2 amide bonds.